The molecule has 0 radical (unpaired) electrons. The van der Waals surface area contributed by atoms with Crippen LogP contribution in [0, 0.1) is 5.82 Å². The van der Waals surface area contributed by atoms with E-state index in [0.717, 1.165) is 6.20 Å². The monoisotopic (exact) mass is 244 g/mol. The van der Waals surface area contributed by atoms with Gasteiger partial charge in [-0.2, -0.15) is 22.5 Å². The average molecular weight is 245 g/mol. The molecule has 0 spiro atoms. The van der Waals surface area contributed by atoms with Gasteiger partial charge in [-0.05, 0) is 11.6 Å². The molecule has 15 heavy (non-hydrogen) atoms. The van der Waals surface area contributed by atoms with Crippen LogP contribution in [0.25, 0.3) is 0 Å². The minimum Gasteiger partial charge on any atom is -0.475 e. The van der Waals surface area contributed by atoms with Crippen LogP contribution in [-0.2, 0) is 0 Å². The summed E-state index contributed by atoms with van der Waals surface area (Å²) < 4.78 is 52.4. The second-order valence-electron chi connectivity index (χ2n) is 2.51. The van der Waals surface area contributed by atoms with Gasteiger partial charge in [0.25, 0.3) is 5.88 Å². The zero-order valence-corrected chi connectivity index (χ0v) is 7.94. The van der Waals surface area contributed by atoms with Gasteiger partial charge in [0.05, 0.1) is 19.2 Å². The highest BCUT2D eigenvalue weighted by molar-refractivity contribution is 6.28. The Morgan fingerprint density at radius 3 is 2.67 bits per heavy atom. The Morgan fingerprint density at radius 2 is 2.07 bits per heavy atom. The van der Waals surface area contributed by atoms with Crippen molar-refractivity contribution in [2.45, 2.75) is 12.6 Å². The SMILES string of the molecule is Fc1cnc(Cl)nc1OCCC(F)(F)F. The standard InChI is InChI=1S/C7H5ClF4N2O/c8-6-13-3-4(9)5(14-6)15-2-1-7(10,11)12/h3H,1-2H2. The van der Waals surface area contributed by atoms with Crippen LogP contribution in [0.2, 0.25) is 5.28 Å². The van der Waals surface area contributed by atoms with Crippen LogP contribution in [0.5, 0.6) is 5.88 Å². The molecule has 1 rings (SSSR count). The quantitative estimate of drug-likeness (QED) is 0.606. The molecule has 1 aromatic rings. The fourth-order valence-corrected chi connectivity index (χ4v) is 0.821. The maximum absolute atomic E-state index is 12.8. The van der Waals surface area contributed by atoms with Crippen molar-refractivity contribution in [3.8, 4) is 5.88 Å². The first-order valence-corrected chi connectivity index (χ1v) is 4.14. The smallest absolute Gasteiger partial charge is 0.392 e. The molecule has 0 aliphatic heterocycles. The van der Waals surface area contributed by atoms with E-state index in [2.05, 4.69) is 14.7 Å². The summed E-state index contributed by atoms with van der Waals surface area (Å²) in [5.41, 5.74) is 0. The molecule has 0 aliphatic rings. The zero-order chi connectivity index (χ0) is 11.5. The number of halogens is 5. The third-order valence-electron chi connectivity index (χ3n) is 1.31. The van der Waals surface area contributed by atoms with E-state index in [1.165, 1.54) is 0 Å². The van der Waals surface area contributed by atoms with Crippen LogP contribution < -0.4 is 4.74 Å². The molecule has 0 bridgehead atoms. The van der Waals surface area contributed by atoms with Gasteiger partial charge < -0.3 is 4.74 Å². The maximum Gasteiger partial charge on any atom is 0.392 e. The van der Waals surface area contributed by atoms with Crippen molar-refractivity contribution in [2.75, 3.05) is 6.61 Å². The highest BCUT2D eigenvalue weighted by atomic mass is 35.5. The number of hydrogen-bond donors (Lipinski definition) is 0. The largest absolute Gasteiger partial charge is 0.475 e. The number of alkyl halides is 3. The molecule has 0 atom stereocenters. The Hall–Kier alpha value is -1.11. The van der Waals surface area contributed by atoms with E-state index in [9.17, 15) is 17.6 Å². The van der Waals surface area contributed by atoms with Crippen molar-refractivity contribution in [1.29, 1.82) is 0 Å². The van der Waals surface area contributed by atoms with Crippen LogP contribution in [0.3, 0.4) is 0 Å². The summed E-state index contributed by atoms with van der Waals surface area (Å²) in [5.74, 6) is -1.54. The Bertz CT molecular complexity index is 344. The molecular weight excluding hydrogens is 240 g/mol. The summed E-state index contributed by atoms with van der Waals surface area (Å²) in [5, 5.41) is -0.293. The predicted molar refractivity (Wildman–Crippen MR) is 43.2 cm³/mol. The van der Waals surface area contributed by atoms with Gasteiger partial charge in [0.1, 0.15) is 0 Å². The Labute approximate surface area is 87.0 Å². The lowest BCUT2D eigenvalue weighted by molar-refractivity contribution is -0.139. The summed E-state index contributed by atoms with van der Waals surface area (Å²) in [4.78, 5) is 6.56. The molecule has 0 saturated heterocycles. The van der Waals surface area contributed by atoms with Gasteiger partial charge in [0, 0.05) is 0 Å². The van der Waals surface area contributed by atoms with Gasteiger partial charge in [-0.25, -0.2) is 4.98 Å². The first-order chi connectivity index (χ1) is 6.88. The topological polar surface area (TPSA) is 35.0 Å². The Balaban J connectivity index is 2.54. The van der Waals surface area contributed by atoms with Gasteiger partial charge in [0.2, 0.25) is 11.1 Å². The molecule has 8 heteroatoms. The van der Waals surface area contributed by atoms with E-state index in [4.69, 9.17) is 11.6 Å². The van der Waals surface area contributed by atoms with Gasteiger partial charge in [-0.1, -0.05) is 0 Å². The zero-order valence-electron chi connectivity index (χ0n) is 7.18. The molecule has 1 heterocycles. The molecule has 0 amide bonds. The van der Waals surface area contributed by atoms with Crippen molar-refractivity contribution < 1.29 is 22.3 Å². The van der Waals surface area contributed by atoms with E-state index in [-0.39, 0.29) is 5.28 Å². The second-order valence-corrected chi connectivity index (χ2v) is 2.84. The molecule has 0 aromatic carbocycles. The van der Waals surface area contributed by atoms with Gasteiger partial charge in [0.15, 0.2) is 0 Å². The normalized spacial score (nSPS) is 11.5. The molecule has 0 saturated carbocycles. The molecule has 0 N–H and O–H groups in total. The molecule has 3 nitrogen and oxygen atoms in total. The van der Waals surface area contributed by atoms with Crippen LogP contribution >= 0.6 is 11.6 Å². The Kier molecular flexibility index (Phi) is 3.67. The summed E-state index contributed by atoms with van der Waals surface area (Å²) in [6.07, 6.45) is -4.82. The van der Waals surface area contributed by atoms with Crippen molar-refractivity contribution in [1.82, 2.24) is 9.97 Å². The molecule has 1 aromatic heterocycles. The predicted octanol–water partition coefficient (Wildman–Crippen LogP) is 2.60. The van der Waals surface area contributed by atoms with Crippen molar-refractivity contribution in [3.63, 3.8) is 0 Å². The minimum atomic E-state index is -4.35. The van der Waals surface area contributed by atoms with E-state index < -0.39 is 30.9 Å². The van der Waals surface area contributed by atoms with Crippen LogP contribution in [0.15, 0.2) is 6.20 Å². The molecule has 0 fully saturated rings. The van der Waals surface area contributed by atoms with Crippen LogP contribution in [-0.4, -0.2) is 22.8 Å². The van der Waals surface area contributed by atoms with E-state index in [1.807, 2.05) is 0 Å². The van der Waals surface area contributed by atoms with Crippen LogP contribution in [0.4, 0.5) is 17.6 Å². The molecule has 0 unspecified atom stereocenters. The third kappa shape index (κ3) is 4.28. The first kappa shape index (κ1) is 12.0. The van der Waals surface area contributed by atoms with Crippen molar-refractivity contribution >= 4 is 11.6 Å². The Morgan fingerprint density at radius 1 is 1.40 bits per heavy atom. The van der Waals surface area contributed by atoms with Crippen molar-refractivity contribution in [3.05, 3.63) is 17.3 Å². The van der Waals surface area contributed by atoms with E-state index in [0.29, 0.717) is 0 Å². The lowest BCUT2D eigenvalue weighted by Crippen LogP contribution is -2.14. The fourth-order valence-electron chi connectivity index (χ4n) is 0.696. The van der Waals surface area contributed by atoms with Crippen molar-refractivity contribution in [2.24, 2.45) is 0 Å². The molecule has 84 valence electrons. The summed E-state index contributed by atoms with van der Waals surface area (Å²) >= 11 is 5.29. The summed E-state index contributed by atoms with van der Waals surface area (Å²) in [6.45, 7) is -0.715. The summed E-state index contributed by atoms with van der Waals surface area (Å²) in [7, 11) is 0. The second kappa shape index (κ2) is 4.61. The number of nitrogens with zero attached hydrogens (tertiary/aromatic N) is 2. The number of aromatic nitrogens is 2. The highest BCUT2D eigenvalue weighted by Crippen LogP contribution is 2.21. The van der Waals surface area contributed by atoms with Crippen LogP contribution in [0.1, 0.15) is 6.42 Å². The molecular formula is C7H5ClF4N2O. The average Bonchev–Trinajstić information content (AvgIpc) is 2.09. The first-order valence-electron chi connectivity index (χ1n) is 3.76. The summed E-state index contributed by atoms with van der Waals surface area (Å²) in [6, 6.07) is 0. The molecule has 0 aliphatic carbocycles. The van der Waals surface area contributed by atoms with Gasteiger partial charge >= 0.3 is 6.18 Å². The lowest BCUT2D eigenvalue weighted by atomic mass is 10.4. The van der Waals surface area contributed by atoms with Gasteiger partial charge in [-0.15, -0.1) is 0 Å². The number of hydrogen-bond acceptors (Lipinski definition) is 3. The van der Waals surface area contributed by atoms with E-state index >= 15 is 0 Å². The minimum absolute atomic E-state index is 0.293. The highest BCUT2D eigenvalue weighted by Gasteiger charge is 2.27. The number of ether oxygens (including phenoxy) is 1. The van der Waals surface area contributed by atoms with E-state index in [1.54, 1.807) is 0 Å². The maximum atomic E-state index is 12.8. The fraction of sp³-hybridized carbons (Fsp3) is 0.429. The third-order valence-corrected chi connectivity index (χ3v) is 1.49. The van der Waals surface area contributed by atoms with Gasteiger partial charge in [-0.3, -0.25) is 0 Å². The number of rotatable bonds is 3. The lowest BCUT2D eigenvalue weighted by Gasteiger charge is -2.07.